The summed E-state index contributed by atoms with van der Waals surface area (Å²) in [4.78, 5) is 0. The fourth-order valence-electron chi connectivity index (χ4n) is 0.809. The molecule has 0 saturated heterocycles. The van der Waals surface area contributed by atoms with Crippen LogP contribution in [0.3, 0.4) is 0 Å². The van der Waals surface area contributed by atoms with E-state index in [0.717, 1.165) is 11.1 Å². The van der Waals surface area contributed by atoms with Crippen molar-refractivity contribution in [1.82, 2.24) is 0 Å². The lowest BCUT2D eigenvalue weighted by atomic mass is 10.2. The summed E-state index contributed by atoms with van der Waals surface area (Å²) in [6.07, 6.45) is 7.88. The van der Waals surface area contributed by atoms with E-state index in [2.05, 4.69) is 17.6 Å². The molecule has 54 valence electrons. The molecule has 0 unspecified atom stereocenters. The molecule has 0 aliphatic heterocycles. The van der Waals surface area contributed by atoms with Crippen LogP contribution < -0.4 is 0 Å². The van der Waals surface area contributed by atoms with Crippen LogP contribution in [0.5, 0.6) is 0 Å². The lowest BCUT2D eigenvalue weighted by molar-refractivity contribution is 1.55. The summed E-state index contributed by atoms with van der Waals surface area (Å²) in [6, 6.07) is 0. The molecule has 0 atom stereocenters. The van der Waals surface area contributed by atoms with E-state index in [-0.39, 0.29) is 0 Å². The molecule has 1 aliphatic carbocycles. The van der Waals surface area contributed by atoms with E-state index in [4.69, 9.17) is 0 Å². The molecule has 1 aliphatic rings. The minimum Gasteiger partial charge on any atom is -0.118 e. The molecular formula is C11H10. The Morgan fingerprint density at radius 3 is 2.91 bits per heavy atom. The lowest BCUT2D eigenvalue weighted by Gasteiger charge is -1.84. The minimum absolute atomic E-state index is 1.04. The Labute approximate surface area is 67.6 Å². The van der Waals surface area contributed by atoms with Crippen LogP contribution in [-0.2, 0) is 0 Å². The average Bonchev–Trinajstić information content (AvgIpc) is 2.17. The normalized spacial score (nSPS) is 14.4. The molecule has 0 aromatic rings. The molecule has 0 fully saturated rings. The van der Waals surface area contributed by atoms with E-state index in [1.165, 1.54) is 0 Å². The highest BCUT2D eigenvalue weighted by atomic mass is 13.9. The van der Waals surface area contributed by atoms with Gasteiger partial charge in [0.15, 0.2) is 0 Å². The maximum Gasteiger partial charge on any atom is 0.0251 e. The summed E-state index contributed by atoms with van der Waals surface area (Å²) in [6.45, 7) is 3.85. The second-order valence-electron chi connectivity index (χ2n) is 2.32. The first-order valence-electron chi connectivity index (χ1n) is 3.57. The minimum atomic E-state index is 1.04. The van der Waals surface area contributed by atoms with Crippen molar-refractivity contribution in [2.45, 2.75) is 13.8 Å². The van der Waals surface area contributed by atoms with Gasteiger partial charge in [0.2, 0.25) is 0 Å². The van der Waals surface area contributed by atoms with Gasteiger partial charge in [-0.3, -0.25) is 0 Å². The second-order valence-corrected chi connectivity index (χ2v) is 2.32. The predicted molar refractivity (Wildman–Crippen MR) is 47.9 cm³/mol. The molecule has 0 heterocycles. The molecule has 0 nitrogen and oxygen atoms in total. The summed E-state index contributed by atoms with van der Waals surface area (Å²) in [5.74, 6) is 5.84. The third-order valence-electron chi connectivity index (χ3n) is 1.36. The zero-order valence-corrected chi connectivity index (χ0v) is 6.81. The molecule has 1 rings (SSSR count). The van der Waals surface area contributed by atoms with Crippen LogP contribution in [0, 0.1) is 11.8 Å². The summed E-state index contributed by atoms with van der Waals surface area (Å²) in [5, 5.41) is 0. The highest BCUT2D eigenvalue weighted by Crippen LogP contribution is 2.03. The Morgan fingerprint density at radius 2 is 2.18 bits per heavy atom. The molecule has 0 spiro atoms. The molecule has 11 heavy (non-hydrogen) atoms. The van der Waals surface area contributed by atoms with Gasteiger partial charge in [-0.25, -0.2) is 0 Å². The van der Waals surface area contributed by atoms with Gasteiger partial charge in [-0.15, -0.1) is 11.7 Å². The Balaban J connectivity index is 2.93. The molecule has 0 bridgehead atoms. The van der Waals surface area contributed by atoms with Gasteiger partial charge in [0.25, 0.3) is 0 Å². The zero-order chi connectivity index (χ0) is 8.10. The number of rotatable bonds is 0. The van der Waals surface area contributed by atoms with Gasteiger partial charge >= 0.3 is 0 Å². The van der Waals surface area contributed by atoms with E-state index in [9.17, 15) is 0 Å². The number of hydrogen-bond donors (Lipinski definition) is 0. The van der Waals surface area contributed by atoms with Crippen LogP contribution in [0.4, 0.5) is 0 Å². The van der Waals surface area contributed by atoms with Gasteiger partial charge in [0.05, 0.1) is 0 Å². The smallest absolute Gasteiger partial charge is 0.0251 e. The van der Waals surface area contributed by atoms with E-state index in [0.29, 0.717) is 0 Å². The van der Waals surface area contributed by atoms with Gasteiger partial charge in [-0.2, -0.15) is 0 Å². The predicted octanol–water partition coefficient (Wildman–Crippen LogP) is 2.61. The molecule has 0 saturated carbocycles. The van der Waals surface area contributed by atoms with Crippen molar-refractivity contribution >= 4 is 0 Å². The maximum atomic E-state index is 3.09. The Bertz CT molecular complexity index is 321. The van der Waals surface area contributed by atoms with Gasteiger partial charge in [-0.1, -0.05) is 12.0 Å². The molecule has 0 aromatic carbocycles. The Hall–Kier alpha value is -1.44. The molecule has 0 amide bonds. The second kappa shape index (κ2) is 3.66. The lowest BCUT2D eigenvalue weighted by Crippen LogP contribution is -1.68. The molecule has 0 aromatic heterocycles. The fraction of sp³-hybridized carbons (Fsp3) is 0.182. The van der Waals surface area contributed by atoms with Crippen LogP contribution >= 0.6 is 0 Å². The van der Waals surface area contributed by atoms with Gasteiger partial charge < -0.3 is 0 Å². The SMILES string of the molecule is CC#CC1=CC=C=C(C)C=C1. The summed E-state index contributed by atoms with van der Waals surface area (Å²) < 4.78 is 0. The molecular weight excluding hydrogens is 132 g/mol. The largest absolute Gasteiger partial charge is 0.118 e. The highest BCUT2D eigenvalue weighted by Gasteiger charge is 1.86. The molecule has 0 radical (unpaired) electrons. The third kappa shape index (κ3) is 2.34. The molecule has 0 N–H and O–H groups in total. The van der Waals surface area contributed by atoms with Crippen molar-refractivity contribution in [3.63, 3.8) is 0 Å². The fourth-order valence-corrected chi connectivity index (χ4v) is 0.809. The monoisotopic (exact) mass is 142 g/mol. The van der Waals surface area contributed by atoms with Crippen LogP contribution in [0.2, 0.25) is 0 Å². The van der Waals surface area contributed by atoms with Gasteiger partial charge in [0.1, 0.15) is 0 Å². The van der Waals surface area contributed by atoms with Crippen molar-refractivity contribution < 1.29 is 0 Å². The first kappa shape index (κ1) is 7.66. The van der Waals surface area contributed by atoms with Crippen molar-refractivity contribution in [3.8, 4) is 11.8 Å². The van der Waals surface area contributed by atoms with Crippen molar-refractivity contribution in [2.24, 2.45) is 0 Å². The summed E-state index contributed by atoms with van der Waals surface area (Å²) >= 11 is 0. The Kier molecular flexibility index (Phi) is 2.55. The van der Waals surface area contributed by atoms with Crippen molar-refractivity contribution in [2.75, 3.05) is 0 Å². The van der Waals surface area contributed by atoms with E-state index in [1.54, 1.807) is 0 Å². The van der Waals surface area contributed by atoms with Crippen LogP contribution in [0.15, 0.2) is 41.2 Å². The maximum absolute atomic E-state index is 3.09. The number of allylic oxidation sites excluding steroid dienone is 5. The average molecular weight is 142 g/mol. The van der Waals surface area contributed by atoms with Crippen molar-refractivity contribution in [3.05, 3.63) is 41.2 Å². The molecule has 0 heteroatoms. The van der Waals surface area contributed by atoms with E-state index in [1.807, 2.05) is 38.2 Å². The highest BCUT2D eigenvalue weighted by molar-refractivity contribution is 5.44. The van der Waals surface area contributed by atoms with Crippen LogP contribution in [0.1, 0.15) is 13.8 Å². The summed E-state index contributed by atoms with van der Waals surface area (Å²) in [5.41, 5.74) is 5.27. The third-order valence-corrected chi connectivity index (χ3v) is 1.36. The summed E-state index contributed by atoms with van der Waals surface area (Å²) in [7, 11) is 0. The standard InChI is InChI=1S/C11H10/c1-3-5-11-7-4-6-10(2)8-9-11/h4,7-9H,1-2H3. The number of hydrogen-bond acceptors (Lipinski definition) is 0. The van der Waals surface area contributed by atoms with Gasteiger partial charge in [0, 0.05) is 5.57 Å². The van der Waals surface area contributed by atoms with E-state index < -0.39 is 0 Å². The quantitative estimate of drug-likeness (QED) is 0.360. The topological polar surface area (TPSA) is 0 Å². The zero-order valence-electron chi connectivity index (χ0n) is 6.81. The first-order chi connectivity index (χ1) is 5.33. The Morgan fingerprint density at radius 1 is 1.36 bits per heavy atom. The van der Waals surface area contributed by atoms with Gasteiger partial charge in [-0.05, 0) is 37.6 Å². The van der Waals surface area contributed by atoms with E-state index >= 15 is 0 Å². The van der Waals surface area contributed by atoms with Crippen LogP contribution in [-0.4, -0.2) is 0 Å². The first-order valence-corrected chi connectivity index (χ1v) is 3.57. The van der Waals surface area contributed by atoms with Crippen LogP contribution in [0.25, 0.3) is 0 Å². The van der Waals surface area contributed by atoms with Crippen molar-refractivity contribution in [1.29, 1.82) is 0 Å².